The van der Waals surface area contributed by atoms with Crippen LogP contribution < -0.4 is 0 Å². The van der Waals surface area contributed by atoms with Gasteiger partial charge in [-0.2, -0.15) is 0 Å². The Balaban J connectivity index is 1.42. The summed E-state index contributed by atoms with van der Waals surface area (Å²) < 4.78 is 7.01. The molecule has 47 heavy (non-hydrogen) atoms. The highest BCUT2D eigenvalue weighted by Gasteiger charge is 2.23. The van der Waals surface area contributed by atoms with Crippen LogP contribution in [0.1, 0.15) is 0 Å². The Labute approximate surface area is 267 Å². The molecular weight excluding hydrogens is 576 g/mol. The minimum Gasteiger partial charge on any atom is -0.309 e. The molecule has 11 rings (SSSR count). The number of para-hydroxylation sites is 3. The van der Waals surface area contributed by atoms with Crippen molar-refractivity contribution in [3.05, 3.63) is 146 Å². The average Bonchev–Trinajstić information content (AvgIpc) is 3.79. The molecule has 6 heterocycles. The van der Waals surface area contributed by atoms with Crippen molar-refractivity contribution >= 4 is 82.2 Å². The Morgan fingerprint density at radius 2 is 1.02 bits per heavy atom. The maximum absolute atomic E-state index is 5.11. The van der Waals surface area contributed by atoms with Crippen LogP contribution in [-0.2, 0) is 0 Å². The summed E-state index contributed by atoms with van der Waals surface area (Å²) in [7, 11) is 0. The average molecular weight is 601 g/mol. The van der Waals surface area contributed by atoms with Gasteiger partial charge in [-0.25, -0.2) is 9.97 Å². The minimum atomic E-state index is 0.727. The molecule has 0 spiro atoms. The maximum Gasteiger partial charge on any atom is 0.178 e. The van der Waals surface area contributed by atoms with E-state index in [-0.39, 0.29) is 0 Å². The summed E-state index contributed by atoms with van der Waals surface area (Å²) in [4.78, 5) is 14.7. The van der Waals surface area contributed by atoms with Crippen LogP contribution in [0.4, 0.5) is 0 Å². The van der Waals surface area contributed by atoms with Crippen molar-refractivity contribution in [2.24, 2.45) is 0 Å². The fourth-order valence-electron chi connectivity index (χ4n) is 7.83. The number of pyridine rings is 3. The first-order chi connectivity index (χ1) is 23.3. The summed E-state index contributed by atoms with van der Waals surface area (Å²) in [5.41, 5.74) is 11.5. The van der Waals surface area contributed by atoms with Gasteiger partial charge in [0.25, 0.3) is 0 Å². The van der Waals surface area contributed by atoms with Crippen LogP contribution in [0, 0.1) is 0 Å². The van der Waals surface area contributed by atoms with Gasteiger partial charge < -0.3 is 9.13 Å². The molecule has 0 saturated heterocycles. The van der Waals surface area contributed by atoms with Gasteiger partial charge in [-0.1, -0.05) is 54.6 Å². The van der Waals surface area contributed by atoms with Gasteiger partial charge in [-0.05, 0) is 78.9 Å². The van der Waals surface area contributed by atoms with E-state index in [4.69, 9.17) is 9.97 Å². The first-order valence-electron chi connectivity index (χ1n) is 15.8. The highest BCUT2D eigenvalue weighted by atomic mass is 15.1. The molecule has 0 N–H and O–H groups in total. The number of aromatic nitrogens is 6. The molecule has 0 unspecified atom stereocenters. The second-order valence-corrected chi connectivity index (χ2v) is 12.1. The number of rotatable bonds is 2. The Kier molecular flexibility index (Phi) is 4.75. The van der Waals surface area contributed by atoms with Crippen molar-refractivity contribution in [3.63, 3.8) is 0 Å². The molecule has 0 aliphatic heterocycles. The number of hydrogen-bond acceptors (Lipinski definition) is 3. The molecule has 0 aliphatic rings. The molecule has 0 radical (unpaired) electrons. The van der Waals surface area contributed by atoms with Crippen molar-refractivity contribution in [1.29, 1.82) is 0 Å². The standard InChI is InChI=1S/C41H24N6/c1-3-11-25(12-4-1)45-31-16-8-7-15-27(31)37-32(45)19-20-33-38(37)30-23-29-28(24-36(30)46(33)26-13-5-2-6-14-26)39-34(17-9-21-42-39)47-35-18-10-22-43-40(35)44-41(29)47/h1-24H. The van der Waals surface area contributed by atoms with Gasteiger partial charge in [-0.3, -0.25) is 9.38 Å². The van der Waals surface area contributed by atoms with Gasteiger partial charge in [0.1, 0.15) is 5.65 Å². The Bertz CT molecular complexity index is 3060. The SMILES string of the molecule is c1ccc(-n2c3ccccc3c3c4c5cc6c(cc5n(-c5ccccc5)c4ccc32)c2ncccc2n2c3cccnc3nc62)cc1. The van der Waals surface area contributed by atoms with Crippen LogP contribution in [0.15, 0.2) is 146 Å². The Morgan fingerprint density at radius 1 is 0.404 bits per heavy atom. The summed E-state index contributed by atoms with van der Waals surface area (Å²) in [6, 6.07) is 47.5. The van der Waals surface area contributed by atoms with Gasteiger partial charge in [-0.15, -0.1) is 0 Å². The van der Waals surface area contributed by atoms with Gasteiger partial charge in [0.2, 0.25) is 0 Å². The molecule has 6 aromatic heterocycles. The third-order valence-corrected chi connectivity index (χ3v) is 9.69. The summed E-state index contributed by atoms with van der Waals surface area (Å²) >= 11 is 0. The van der Waals surface area contributed by atoms with Crippen LogP contribution in [0.2, 0.25) is 0 Å². The summed E-state index contributed by atoms with van der Waals surface area (Å²) in [6.45, 7) is 0. The maximum atomic E-state index is 5.11. The molecular formula is C41H24N6. The highest BCUT2D eigenvalue weighted by Crippen LogP contribution is 2.44. The third-order valence-electron chi connectivity index (χ3n) is 9.69. The Morgan fingerprint density at radius 3 is 1.79 bits per heavy atom. The largest absolute Gasteiger partial charge is 0.309 e. The normalized spacial score (nSPS) is 12.3. The van der Waals surface area contributed by atoms with Gasteiger partial charge in [0.05, 0.1) is 38.6 Å². The molecule has 6 nitrogen and oxygen atoms in total. The lowest BCUT2D eigenvalue weighted by Crippen LogP contribution is -1.95. The van der Waals surface area contributed by atoms with E-state index in [0.29, 0.717) is 0 Å². The molecule has 0 saturated carbocycles. The number of imidazole rings is 1. The van der Waals surface area contributed by atoms with Gasteiger partial charge in [0.15, 0.2) is 5.65 Å². The van der Waals surface area contributed by atoms with Crippen molar-refractivity contribution < 1.29 is 0 Å². The second-order valence-electron chi connectivity index (χ2n) is 12.1. The molecule has 5 aromatic carbocycles. The molecule has 0 bridgehead atoms. The Hall–Kier alpha value is -6.53. The van der Waals surface area contributed by atoms with Crippen LogP contribution in [0.3, 0.4) is 0 Å². The van der Waals surface area contributed by atoms with Gasteiger partial charge in [0, 0.05) is 56.1 Å². The molecule has 218 valence electrons. The summed E-state index contributed by atoms with van der Waals surface area (Å²) in [6.07, 6.45) is 3.69. The lowest BCUT2D eigenvalue weighted by Gasteiger charge is -2.11. The first-order valence-corrected chi connectivity index (χ1v) is 15.8. The lowest BCUT2D eigenvalue weighted by molar-refractivity contribution is 1.17. The zero-order chi connectivity index (χ0) is 30.6. The van der Waals surface area contributed by atoms with E-state index in [9.17, 15) is 0 Å². The summed E-state index contributed by atoms with van der Waals surface area (Å²) in [5, 5.41) is 6.99. The fourth-order valence-corrected chi connectivity index (χ4v) is 7.83. The van der Waals surface area contributed by atoms with E-state index in [2.05, 4.69) is 140 Å². The summed E-state index contributed by atoms with van der Waals surface area (Å²) in [5.74, 6) is 0. The van der Waals surface area contributed by atoms with Crippen molar-refractivity contribution in [1.82, 2.24) is 28.5 Å². The van der Waals surface area contributed by atoms with E-state index in [0.717, 1.165) is 61.0 Å². The van der Waals surface area contributed by atoms with Crippen molar-refractivity contribution in [3.8, 4) is 11.4 Å². The van der Waals surface area contributed by atoms with E-state index in [1.807, 2.05) is 24.5 Å². The predicted octanol–water partition coefficient (Wildman–Crippen LogP) is 9.78. The van der Waals surface area contributed by atoms with E-state index in [1.165, 1.54) is 32.6 Å². The smallest absolute Gasteiger partial charge is 0.178 e. The van der Waals surface area contributed by atoms with Crippen LogP contribution in [0.25, 0.3) is 93.6 Å². The topological polar surface area (TPSA) is 52.9 Å². The number of benzene rings is 5. The number of hydrogen-bond donors (Lipinski definition) is 0. The van der Waals surface area contributed by atoms with Gasteiger partial charge >= 0.3 is 0 Å². The van der Waals surface area contributed by atoms with E-state index >= 15 is 0 Å². The molecule has 0 amide bonds. The molecule has 0 atom stereocenters. The zero-order valence-corrected chi connectivity index (χ0v) is 25.0. The van der Waals surface area contributed by atoms with Crippen molar-refractivity contribution in [2.45, 2.75) is 0 Å². The van der Waals surface area contributed by atoms with Crippen LogP contribution in [-0.4, -0.2) is 28.5 Å². The molecule has 0 aliphatic carbocycles. The first kappa shape index (κ1) is 24.8. The lowest BCUT2D eigenvalue weighted by atomic mass is 10.0. The van der Waals surface area contributed by atoms with E-state index in [1.54, 1.807) is 0 Å². The monoisotopic (exact) mass is 600 g/mol. The minimum absolute atomic E-state index is 0.727. The zero-order valence-electron chi connectivity index (χ0n) is 25.0. The third kappa shape index (κ3) is 3.21. The second kappa shape index (κ2) is 9.02. The molecule has 6 heteroatoms. The van der Waals surface area contributed by atoms with Crippen LogP contribution in [0.5, 0.6) is 0 Å². The quantitative estimate of drug-likeness (QED) is 0.186. The number of nitrogens with zero attached hydrogens (tertiary/aromatic N) is 6. The van der Waals surface area contributed by atoms with Crippen molar-refractivity contribution in [2.75, 3.05) is 0 Å². The predicted molar refractivity (Wildman–Crippen MR) is 192 cm³/mol. The number of fused-ring (bicyclic) bond motifs is 15. The van der Waals surface area contributed by atoms with Crippen LogP contribution >= 0.6 is 0 Å². The molecule has 0 fully saturated rings. The van der Waals surface area contributed by atoms with E-state index < -0.39 is 0 Å². The molecule has 11 aromatic rings. The highest BCUT2D eigenvalue weighted by molar-refractivity contribution is 6.31. The fraction of sp³-hybridized carbons (Fsp3) is 0.